The first kappa shape index (κ1) is 58.6. The molecule has 0 radical (unpaired) electrons. The molecule has 442 valence electrons. The summed E-state index contributed by atoms with van der Waals surface area (Å²) in [4.78, 5) is 13.1. The van der Waals surface area contributed by atoms with Gasteiger partial charge in [-0.3, -0.25) is 4.79 Å². The Morgan fingerprint density at radius 1 is 0.949 bits per heavy atom. The van der Waals surface area contributed by atoms with Crippen molar-refractivity contribution in [2.75, 3.05) is 52.8 Å². The lowest BCUT2D eigenvalue weighted by molar-refractivity contribution is -0.424. The Kier molecular flexibility index (Phi) is 17.3. The van der Waals surface area contributed by atoms with Gasteiger partial charge in [-0.1, -0.05) is 59.9 Å². The zero-order chi connectivity index (χ0) is 55.5. The summed E-state index contributed by atoms with van der Waals surface area (Å²) in [5.74, 6) is -0.782. The highest BCUT2D eigenvalue weighted by Crippen LogP contribution is 2.71. The molecule has 0 amide bonds. The van der Waals surface area contributed by atoms with Gasteiger partial charge in [-0.15, -0.1) is 0 Å². The monoisotopic (exact) mass is 1140 g/mol. The number of ether oxygens (including phenoxy) is 4. The maximum atomic E-state index is 13.9. The van der Waals surface area contributed by atoms with E-state index >= 15 is 0 Å². The van der Waals surface area contributed by atoms with Gasteiger partial charge in [-0.25, -0.2) is 0 Å². The number of carbonyl (C=O) groups is 1. The predicted molar refractivity (Wildman–Crippen MR) is 304 cm³/mol. The van der Waals surface area contributed by atoms with E-state index in [1.807, 2.05) is 30.0 Å². The third-order valence-corrected chi connectivity index (χ3v) is 25.6. The van der Waals surface area contributed by atoms with Crippen molar-refractivity contribution in [3.63, 3.8) is 0 Å². The highest BCUT2D eigenvalue weighted by molar-refractivity contribution is 8.77. The lowest BCUT2D eigenvalue weighted by Gasteiger charge is -2.67. The number of aliphatic hydroxyl groups is 7. The summed E-state index contributed by atoms with van der Waals surface area (Å²) in [6, 6.07) is 4.12. The largest absolute Gasteiger partial charge is 0.485 e. The number of fused-ring (bicyclic) bond motifs is 12. The Hall–Kier alpha value is -2.17. The van der Waals surface area contributed by atoms with Crippen LogP contribution in [-0.4, -0.2) is 158 Å². The molecule has 18 heteroatoms. The van der Waals surface area contributed by atoms with Crippen molar-refractivity contribution in [2.24, 2.45) is 52.8 Å². The Balaban J connectivity index is 1.08. The molecule has 16 nitrogen and oxygen atoms in total. The number of aryl methyl sites for hydroxylation is 1. The summed E-state index contributed by atoms with van der Waals surface area (Å²) >= 11 is 0. The minimum Gasteiger partial charge on any atom is -0.485 e. The van der Waals surface area contributed by atoms with Crippen LogP contribution in [0, 0.1) is 52.8 Å². The van der Waals surface area contributed by atoms with E-state index in [4.69, 9.17) is 23.4 Å². The first-order chi connectivity index (χ1) is 38.0. The molecular formula is C61H93N3O13S2. The average Bonchev–Trinajstić information content (AvgIpc) is 4.40. The first-order valence-electron chi connectivity index (χ1n) is 30.5. The topological polar surface area (TPSA) is 245 Å². The van der Waals surface area contributed by atoms with E-state index in [9.17, 15) is 40.5 Å². The second kappa shape index (κ2) is 23.4. The van der Waals surface area contributed by atoms with Gasteiger partial charge in [0, 0.05) is 59.4 Å². The van der Waals surface area contributed by atoms with Gasteiger partial charge >= 0.3 is 5.97 Å². The van der Waals surface area contributed by atoms with Gasteiger partial charge in [0.05, 0.1) is 30.7 Å². The summed E-state index contributed by atoms with van der Waals surface area (Å²) in [5.41, 5.74) is -6.60. The number of benzene rings is 1. The summed E-state index contributed by atoms with van der Waals surface area (Å²) in [5, 5.41) is 101. The quantitative estimate of drug-likeness (QED) is 0.0651. The minimum atomic E-state index is -2.49. The van der Waals surface area contributed by atoms with Crippen LogP contribution in [0.25, 0.3) is 11.0 Å². The molecule has 5 saturated carbocycles. The molecule has 10 N–H and O–H groups in total. The molecule has 4 heterocycles. The second-order valence-electron chi connectivity index (χ2n) is 26.4. The maximum absolute atomic E-state index is 13.9. The molecule has 3 aliphatic heterocycles. The van der Waals surface area contributed by atoms with E-state index in [1.54, 1.807) is 36.1 Å². The predicted octanol–water partition coefficient (Wildman–Crippen LogP) is 6.56. The molecule has 1 aromatic heterocycles. The lowest BCUT2D eigenvalue weighted by Crippen LogP contribution is -2.86. The molecule has 6 aliphatic carbocycles. The number of hydrogen-bond acceptors (Lipinski definition) is 18. The number of furan rings is 1. The summed E-state index contributed by atoms with van der Waals surface area (Å²) < 4.78 is 32.8. The molecule has 3 spiro atoms. The molecule has 11 rings (SSSR count). The van der Waals surface area contributed by atoms with Gasteiger partial charge in [0.15, 0.2) is 16.9 Å². The smallest absolute Gasteiger partial charge is 0.306 e. The zero-order valence-corrected chi connectivity index (χ0v) is 48.9. The zero-order valence-electron chi connectivity index (χ0n) is 47.3. The second-order valence-corrected chi connectivity index (χ2v) is 29.1. The third kappa shape index (κ3) is 10.2. The van der Waals surface area contributed by atoms with Crippen molar-refractivity contribution in [3.8, 4) is 11.5 Å². The fourth-order valence-corrected chi connectivity index (χ4v) is 22.7. The normalized spacial score (nSPS) is 45.2. The highest BCUT2D eigenvalue weighted by atomic mass is 33.1. The maximum Gasteiger partial charge on any atom is 0.306 e. The molecule has 20 atom stereocenters. The van der Waals surface area contributed by atoms with E-state index in [0.717, 1.165) is 83.6 Å². The van der Waals surface area contributed by atoms with Gasteiger partial charge in [0.1, 0.15) is 23.9 Å². The Morgan fingerprint density at radius 3 is 2.59 bits per heavy atom. The van der Waals surface area contributed by atoms with E-state index in [1.165, 1.54) is 12.8 Å². The van der Waals surface area contributed by atoms with E-state index < -0.39 is 82.1 Å². The number of nitrogens with one attached hydrogen (secondary N) is 3. The van der Waals surface area contributed by atoms with Gasteiger partial charge in [0.25, 0.3) is 0 Å². The minimum absolute atomic E-state index is 0.00975. The van der Waals surface area contributed by atoms with Crippen LogP contribution in [0.3, 0.4) is 0 Å². The number of allylic oxidation sites excluding steroid dienone is 1. The van der Waals surface area contributed by atoms with Crippen molar-refractivity contribution in [1.29, 1.82) is 0 Å². The fraction of sp³-hybridized carbons (Fsp3) is 0.820. The number of esters is 1. The lowest BCUT2D eigenvalue weighted by atomic mass is 9.50. The third-order valence-electron chi connectivity index (χ3n) is 22.2. The van der Waals surface area contributed by atoms with Crippen LogP contribution in [0.2, 0.25) is 0 Å². The van der Waals surface area contributed by atoms with Gasteiger partial charge in [-0.05, 0) is 189 Å². The molecule has 79 heavy (non-hydrogen) atoms. The SMILES string of the molecule is CCOC(=O)CCc1cc2ccoc2c2c1O[C@@H]1O[C@@]3(CSS[C@]4(CC[C@]5(C[C@@H]6CC[C@@H](NC)[C@H]6C5)[C@H]4CC[C@@]4(O)CCC[C@H](CNC)C4)[C@@H](CC[C@H](C)CCC[C@@H]3O)NCCO2)[C@]2(O)C[C@@H]3C=C[C@H](O)[C@H](CO)[C@@H]3[C@@]1(O)[C@H]2O. The Bertz CT molecular complexity index is 2490. The summed E-state index contributed by atoms with van der Waals surface area (Å²) in [6.07, 6.45) is 13.9. The van der Waals surface area contributed by atoms with Crippen LogP contribution in [0.5, 0.6) is 11.5 Å². The molecule has 5 bridgehead atoms. The molecule has 7 fully saturated rings. The summed E-state index contributed by atoms with van der Waals surface area (Å²) in [7, 11) is 7.57. The highest BCUT2D eigenvalue weighted by Gasteiger charge is 2.78. The van der Waals surface area contributed by atoms with Gasteiger partial charge < -0.3 is 75.1 Å². The van der Waals surface area contributed by atoms with E-state index in [-0.39, 0.29) is 73.5 Å². The van der Waals surface area contributed by atoms with Crippen LogP contribution >= 0.6 is 21.6 Å². The number of rotatable bonds is 11. The Morgan fingerprint density at radius 2 is 1.80 bits per heavy atom. The van der Waals surface area contributed by atoms with Crippen molar-refractivity contribution >= 4 is 38.5 Å². The Labute approximate surface area is 475 Å². The fourth-order valence-electron chi connectivity index (χ4n) is 18.4. The van der Waals surface area contributed by atoms with Crippen molar-refractivity contribution in [1.82, 2.24) is 16.0 Å². The van der Waals surface area contributed by atoms with Crippen LogP contribution in [0.15, 0.2) is 35.0 Å². The number of aliphatic hydroxyl groups excluding tert-OH is 4. The number of hydrogen-bond donors (Lipinski definition) is 10. The first-order valence-corrected chi connectivity index (χ1v) is 32.8. The average molecular weight is 1140 g/mol. The van der Waals surface area contributed by atoms with Crippen LogP contribution in [0.1, 0.15) is 141 Å². The van der Waals surface area contributed by atoms with Crippen LogP contribution in [-0.2, 0) is 20.7 Å². The van der Waals surface area contributed by atoms with Crippen LogP contribution < -0.4 is 25.4 Å². The van der Waals surface area contributed by atoms with Gasteiger partial charge in [0.2, 0.25) is 12.0 Å². The van der Waals surface area contributed by atoms with E-state index in [0.29, 0.717) is 65.6 Å². The van der Waals surface area contributed by atoms with Crippen LogP contribution in [0.4, 0.5) is 0 Å². The van der Waals surface area contributed by atoms with E-state index in [2.05, 4.69) is 29.9 Å². The van der Waals surface area contributed by atoms with Crippen molar-refractivity contribution in [3.05, 3.63) is 36.1 Å². The molecule has 2 aromatic rings. The van der Waals surface area contributed by atoms with Gasteiger partial charge in [-0.2, -0.15) is 0 Å². The number of carbonyl (C=O) groups excluding carboxylic acids is 1. The molecule has 1 aromatic carbocycles. The van der Waals surface area contributed by atoms with Crippen molar-refractivity contribution in [2.45, 2.75) is 206 Å². The van der Waals surface area contributed by atoms with Crippen molar-refractivity contribution < 1.29 is 63.9 Å². The standard InChI is InChI=1S/C61H93N3O13S2/c1-5-73-49(68)18-14-38-28-39-20-26-74-51(39)53-52(38)76-55-61(72)50-41(13-16-45(66)43(50)34-65)31-59(71,54(61)69)60(77-55)35-78-79-58(47(64-25-27-75-53)17-11-36(2)8-6-10-48(60)67)24-23-56(30-40-12-15-44(63-4)42(40)32-56)46(58)19-22-57(70)21-7-9-37(29-57)33-62-3/h13,16,20,26,28,36-37,40-48,50,54-55,62-67,69-72H,5-12,14-15,17-19,21-25,27,29-35H2,1-4H3/t36-,37+,40+,41+,42+,43+,44-,45+,46-,47-,48+,50-,54+,55-,56-,57+,58+,59+,60-,61-/m1/s1. The summed E-state index contributed by atoms with van der Waals surface area (Å²) in [6.45, 7) is 5.22. The molecule has 2 saturated heterocycles. The molecule has 9 aliphatic rings. The molecular weight excluding hydrogens is 1050 g/mol. The molecule has 0 unspecified atom stereocenters.